The van der Waals surface area contributed by atoms with Gasteiger partial charge in [0.15, 0.2) is 0 Å². The van der Waals surface area contributed by atoms with E-state index in [4.69, 9.17) is 0 Å². The highest BCUT2D eigenvalue weighted by atomic mass is 16.3. The number of carbonyl (C=O) groups excluding carboxylic acids is 1. The van der Waals surface area contributed by atoms with Crippen molar-refractivity contribution in [2.45, 2.75) is 44.6 Å². The molecule has 3 nitrogen and oxygen atoms in total. The van der Waals surface area contributed by atoms with Crippen LogP contribution in [-0.4, -0.2) is 23.2 Å². The highest BCUT2D eigenvalue weighted by Crippen LogP contribution is 2.31. The van der Waals surface area contributed by atoms with E-state index in [9.17, 15) is 9.90 Å². The third-order valence-electron chi connectivity index (χ3n) is 3.89. The van der Waals surface area contributed by atoms with Gasteiger partial charge in [-0.25, -0.2) is 0 Å². The Labute approximate surface area is 115 Å². The monoisotopic (exact) mass is 261 g/mol. The maximum atomic E-state index is 11.9. The van der Waals surface area contributed by atoms with Crippen LogP contribution >= 0.6 is 0 Å². The van der Waals surface area contributed by atoms with Crippen LogP contribution < -0.4 is 5.32 Å². The van der Waals surface area contributed by atoms with Gasteiger partial charge >= 0.3 is 0 Å². The van der Waals surface area contributed by atoms with Crippen molar-refractivity contribution in [3.8, 4) is 0 Å². The van der Waals surface area contributed by atoms with Crippen molar-refractivity contribution in [1.29, 1.82) is 0 Å². The summed E-state index contributed by atoms with van der Waals surface area (Å²) >= 11 is 0. The van der Waals surface area contributed by atoms with Gasteiger partial charge in [0.05, 0.1) is 12.0 Å². The fourth-order valence-electron chi connectivity index (χ4n) is 2.90. The number of carbonyl (C=O) groups is 1. The van der Waals surface area contributed by atoms with Crippen molar-refractivity contribution in [2.24, 2.45) is 5.92 Å². The Kier molecular flexibility index (Phi) is 4.59. The quantitative estimate of drug-likeness (QED) is 0.873. The molecule has 1 aromatic carbocycles. The van der Waals surface area contributed by atoms with Gasteiger partial charge in [-0.3, -0.25) is 4.79 Å². The summed E-state index contributed by atoms with van der Waals surface area (Å²) < 4.78 is 0. The first kappa shape index (κ1) is 14.1. The van der Waals surface area contributed by atoms with Crippen LogP contribution in [0.15, 0.2) is 30.3 Å². The van der Waals surface area contributed by atoms with Gasteiger partial charge in [-0.1, -0.05) is 50.1 Å². The maximum absolute atomic E-state index is 11.9. The molecule has 1 aliphatic rings. The second-order valence-corrected chi connectivity index (χ2v) is 5.86. The molecule has 0 spiro atoms. The fraction of sp³-hybridized carbons (Fsp3) is 0.562. The van der Waals surface area contributed by atoms with E-state index in [1.54, 1.807) is 0 Å². The Balaban J connectivity index is 1.80. The van der Waals surface area contributed by atoms with Gasteiger partial charge in [0, 0.05) is 6.54 Å². The first-order chi connectivity index (χ1) is 9.07. The minimum atomic E-state index is -0.704. The topological polar surface area (TPSA) is 49.3 Å². The van der Waals surface area contributed by atoms with E-state index in [1.165, 1.54) is 6.42 Å². The van der Waals surface area contributed by atoms with Crippen LogP contribution in [0.1, 0.15) is 38.2 Å². The summed E-state index contributed by atoms with van der Waals surface area (Å²) in [5, 5.41) is 13.3. The normalized spacial score (nSPS) is 26.9. The first-order valence-corrected chi connectivity index (χ1v) is 7.10. The second-order valence-electron chi connectivity index (χ2n) is 5.86. The van der Waals surface area contributed by atoms with Crippen LogP contribution in [0, 0.1) is 5.92 Å². The number of rotatable bonds is 4. The zero-order chi connectivity index (χ0) is 13.7. The summed E-state index contributed by atoms with van der Waals surface area (Å²) in [6, 6.07) is 9.68. The van der Waals surface area contributed by atoms with Gasteiger partial charge in [0.25, 0.3) is 0 Å². The summed E-state index contributed by atoms with van der Waals surface area (Å²) in [5.74, 6) is 0.530. The number of hydrogen-bond acceptors (Lipinski definition) is 2. The van der Waals surface area contributed by atoms with Crippen LogP contribution in [0.5, 0.6) is 0 Å². The van der Waals surface area contributed by atoms with Gasteiger partial charge in [-0.2, -0.15) is 0 Å². The Morgan fingerprint density at radius 1 is 1.42 bits per heavy atom. The summed E-state index contributed by atoms with van der Waals surface area (Å²) in [7, 11) is 0. The second kappa shape index (κ2) is 6.20. The molecule has 2 unspecified atom stereocenters. The molecule has 2 rings (SSSR count). The van der Waals surface area contributed by atoms with E-state index in [0.717, 1.165) is 24.8 Å². The zero-order valence-corrected chi connectivity index (χ0v) is 11.6. The van der Waals surface area contributed by atoms with Gasteiger partial charge in [0.2, 0.25) is 5.91 Å². The van der Waals surface area contributed by atoms with Crippen molar-refractivity contribution in [2.75, 3.05) is 6.54 Å². The van der Waals surface area contributed by atoms with Crippen molar-refractivity contribution in [3.63, 3.8) is 0 Å². The third-order valence-corrected chi connectivity index (χ3v) is 3.89. The molecule has 0 aliphatic heterocycles. The largest absolute Gasteiger partial charge is 0.388 e. The molecule has 3 heteroatoms. The van der Waals surface area contributed by atoms with Crippen molar-refractivity contribution in [1.82, 2.24) is 5.32 Å². The summed E-state index contributed by atoms with van der Waals surface area (Å²) in [4.78, 5) is 11.9. The van der Waals surface area contributed by atoms with E-state index >= 15 is 0 Å². The summed E-state index contributed by atoms with van der Waals surface area (Å²) in [6.45, 7) is 2.54. The Hall–Kier alpha value is -1.35. The molecule has 0 radical (unpaired) electrons. The Bertz CT molecular complexity index is 418. The smallest absolute Gasteiger partial charge is 0.224 e. The number of nitrogens with one attached hydrogen (secondary N) is 1. The number of aliphatic hydroxyl groups is 1. The average molecular weight is 261 g/mol. The molecule has 104 valence electrons. The van der Waals surface area contributed by atoms with Crippen molar-refractivity contribution in [3.05, 3.63) is 35.9 Å². The average Bonchev–Trinajstić information content (AvgIpc) is 2.38. The maximum Gasteiger partial charge on any atom is 0.224 e. The van der Waals surface area contributed by atoms with Gasteiger partial charge in [0.1, 0.15) is 0 Å². The molecule has 1 saturated carbocycles. The standard InChI is InChI=1S/C16H23NO2/c1-13-6-5-9-16(19,11-13)12-17-15(18)10-14-7-3-2-4-8-14/h2-4,7-8,13,19H,5-6,9-12H2,1H3,(H,17,18). The van der Waals surface area contributed by atoms with E-state index in [-0.39, 0.29) is 5.91 Å². The molecule has 1 fully saturated rings. The van der Waals surface area contributed by atoms with E-state index < -0.39 is 5.60 Å². The van der Waals surface area contributed by atoms with Crippen LogP contribution in [0.2, 0.25) is 0 Å². The third kappa shape index (κ3) is 4.35. The van der Waals surface area contributed by atoms with Gasteiger partial charge < -0.3 is 10.4 Å². The molecule has 1 amide bonds. The Morgan fingerprint density at radius 2 is 2.16 bits per heavy atom. The lowest BCUT2D eigenvalue weighted by atomic mass is 9.79. The molecule has 1 aromatic rings. The zero-order valence-electron chi connectivity index (χ0n) is 11.6. The number of benzene rings is 1. The van der Waals surface area contributed by atoms with Crippen molar-refractivity contribution >= 4 is 5.91 Å². The van der Waals surface area contributed by atoms with Crippen LogP contribution in [-0.2, 0) is 11.2 Å². The molecule has 0 saturated heterocycles. The SMILES string of the molecule is CC1CCCC(O)(CNC(=O)Cc2ccccc2)C1. The first-order valence-electron chi connectivity index (χ1n) is 7.10. The molecule has 0 heterocycles. The minimum Gasteiger partial charge on any atom is -0.388 e. The summed E-state index contributed by atoms with van der Waals surface area (Å²) in [6.07, 6.45) is 4.19. The highest BCUT2D eigenvalue weighted by molar-refractivity contribution is 5.78. The van der Waals surface area contributed by atoms with E-state index in [0.29, 0.717) is 18.9 Å². The molecule has 19 heavy (non-hydrogen) atoms. The van der Waals surface area contributed by atoms with Gasteiger partial charge in [-0.15, -0.1) is 0 Å². The lowest BCUT2D eigenvalue weighted by Crippen LogP contribution is -2.46. The lowest BCUT2D eigenvalue weighted by Gasteiger charge is -2.35. The fourth-order valence-corrected chi connectivity index (χ4v) is 2.90. The number of amides is 1. The summed E-state index contributed by atoms with van der Waals surface area (Å²) in [5.41, 5.74) is 0.299. The predicted octanol–water partition coefficient (Wildman–Crippen LogP) is 2.29. The molecule has 0 aromatic heterocycles. The molecule has 1 aliphatic carbocycles. The molecule has 2 atom stereocenters. The molecular formula is C16H23NO2. The van der Waals surface area contributed by atoms with Crippen molar-refractivity contribution < 1.29 is 9.90 Å². The molecular weight excluding hydrogens is 238 g/mol. The highest BCUT2D eigenvalue weighted by Gasteiger charge is 2.32. The Morgan fingerprint density at radius 3 is 2.84 bits per heavy atom. The van der Waals surface area contributed by atoms with E-state index in [1.807, 2.05) is 30.3 Å². The van der Waals surface area contributed by atoms with E-state index in [2.05, 4.69) is 12.2 Å². The van der Waals surface area contributed by atoms with Gasteiger partial charge in [-0.05, 0) is 24.3 Å². The van der Waals surface area contributed by atoms with Crippen LogP contribution in [0.25, 0.3) is 0 Å². The predicted molar refractivity (Wildman–Crippen MR) is 75.7 cm³/mol. The minimum absolute atomic E-state index is 0.0159. The molecule has 0 bridgehead atoms. The molecule has 2 N–H and O–H groups in total. The van der Waals surface area contributed by atoms with Crippen LogP contribution in [0.4, 0.5) is 0 Å². The lowest BCUT2D eigenvalue weighted by molar-refractivity contribution is -0.122. The number of hydrogen-bond donors (Lipinski definition) is 2. The van der Waals surface area contributed by atoms with Crippen LogP contribution in [0.3, 0.4) is 0 Å².